The van der Waals surface area contributed by atoms with Crippen LogP contribution in [0.4, 0.5) is 5.69 Å². The second-order valence-corrected chi connectivity index (χ2v) is 11.4. The number of sulfonamides is 2. The summed E-state index contributed by atoms with van der Waals surface area (Å²) in [5, 5.41) is 0. The topological polar surface area (TPSA) is 106 Å². The maximum absolute atomic E-state index is 12.7. The summed E-state index contributed by atoms with van der Waals surface area (Å²) >= 11 is 0.976. The summed E-state index contributed by atoms with van der Waals surface area (Å²) in [6.45, 7) is 1.01. The lowest BCUT2D eigenvalue weighted by Crippen LogP contribution is -2.27. The minimum atomic E-state index is -3.89. The van der Waals surface area contributed by atoms with Gasteiger partial charge < -0.3 is 4.57 Å². The second kappa shape index (κ2) is 7.24. The molecule has 0 saturated carbocycles. The summed E-state index contributed by atoms with van der Waals surface area (Å²) in [4.78, 5) is 11.8. The fraction of sp³-hybridized carbons (Fsp3) is 0.278. The largest absolute Gasteiger partial charge is 0.307 e. The van der Waals surface area contributed by atoms with Gasteiger partial charge in [-0.05, 0) is 55.3 Å². The van der Waals surface area contributed by atoms with Gasteiger partial charge in [0.1, 0.15) is 0 Å². The number of aromatic nitrogens is 1. The van der Waals surface area contributed by atoms with Crippen molar-refractivity contribution in [3.05, 3.63) is 52.1 Å². The lowest BCUT2D eigenvalue weighted by atomic mass is 10.3. The molecule has 3 aromatic rings. The first-order valence-electron chi connectivity index (χ1n) is 8.91. The van der Waals surface area contributed by atoms with Gasteiger partial charge in [0.15, 0.2) is 0 Å². The molecule has 1 N–H and O–H groups in total. The smallest absolute Gasteiger partial charge is 0.302 e. The normalized spacial score (nSPS) is 15.8. The van der Waals surface area contributed by atoms with Crippen molar-refractivity contribution < 1.29 is 16.8 Å². The molecule has 0 amide bonds. The molecular formula is C18H19N3O5S3. The molecule has 0 atom stereocenters. The minimum absolute atomic E-state index is 0.0283. The van der Waals surface area contributed by atoms with Crippen LogP contribution < -0.4 is 9.60 Å². The molecule has 29 heavy (non-hydrogen) atoms. The van der Waals surface area contributed by atoms with Crippen molar-refractivity contribution in [1.82, 2.24) is 8.87 Å². The zero-order valence-electron chi connectivity index (χ0n) is 15.5. The van der Waals surface area contributed by atoms with E-state index in [1.165, 1.54) is 45.3 Å². The molecule has 0 bridgehead atoms. The Balaban J connectivity index is 1.59. The summed E-state index contributed by atoms with van der Waals surface area (Å²) in [5.41, 5.74) is 0.919. The van der Waals surface area contributed by atoms with Crippen LogP contribution in [0.1, 0.15) is 12.8 Å². The van der Waals surface area contributed by atoms with Crippen molar-refractivity contribution in [2.24, 2.45) is 7.05 Å². The van der Waals surface area contributed by atoms with Crippen LogP contribution in [-0.4, -0.2) is 38.8 Å². The van der Waals surface area contributed by atoms with Crippen molar-refractivity contribution >= 4 is 47.3 Å². The first kappa shape index (κ1) is 20.1. The number of nitrogens with zero attached hydrogens (tertiary/aromatic N) is 2. The van der Waals surface area contributed by atoms with E-state index in [2.05, 4.69) is 4.72 Å². The number of nitrogens with one attached hydrogen (secondary N) is 1. The van der Waals surface area contributed by atoms with E-state index < -0.39 is 20.0 Å². The molecule has 2 heterocycles. The quantitative estimate of drug-likeness (QED) is 0.637. The van der Waals surface area contributed by atoms with E-state index in [4.69, 9.17) is 0 Å². The lowest BCUT2D eigenvalue weighted by molar-refractivity contribution is 0.477. The maximum Gasteiger partial charge on any atom is 0.307 e. The number of fused-ring (bicyclic) bond motifs is 1. The van der Waals surface area contributed by atoms with Crippen molar-refractivity contribution in [3.63, 3.8) is 0 Å². The number of aryl methyl sites for hydroxylation is 1. The standard InChI is InChI=1S/C18H19N3O5S3/c1-20-16-9-8-15(12-17(16)27-18(20)22)28(23,24)19-13-4-6-14(7-5-13)29(25,26)21-10-2-3-11-21/h4-9,12,19H,2-3,10-11H2,1H3. The molecule has 1 saturated heterocycles. The molecule has 1 fully saturated rings. The van der Waals surface area contributed by atoms with Crippen LogP contribution in [0.25, 0.3) is 10.2 Å². The molecule has 0 unspecified atom stereocenters. The average Bonchev–Trinajstić information content (AvgIpc) is 3.31. The van der Waals surface area contributed by atoms with Crippen LogP contribution in [0.2, 0.25) is 0 Å². The SMILES string of the molecule is Cn1c(=O)sc2cc(S(=O)(=O)Nc3ccc(S(=O)(=O)N4CCCC4)cc3)ccc21. The highest BCUT2D eigenvalue weighted by atomic mass is 32.2. The molecule has 2 aromatic carbocycles. The Bertz CT molecular complexity index is 1330. The monoisotopic (exact) mass is 453 g/mol. The summed E-state index contributed by atoms with van der Waals surface area (Å²) < 4.78 is 56.5. The molecule has 11 heteroatoms. The molecule has 4 rings (SSSR count). The van der Waals surface area contributed by atoms with Crippen LogP contribution in [0.5, 0.6) is 0 Å². The highest BCUT2D eigenvalue weighted by Gasteiger charge is 2.27. The molecule has 0 spiro atoms. The van der Waals surface area contributed by atoms with Crippen LogP contribution in [0.15, 0.2) is 57.1 Å². The fourth-order valence-corrected chi connectivity index (χ4v) is 6.86. The first-order valence-corrected chi connectivity index (χ1v) is 12.6. The van der Waals surface area contributed by atoms with Gasteiger partial charge in [-0.3, -0.25) is 9.52 Å². The van der Waals surface area contributed by atoms with Crippen molar-refractivity contribution in [2.45, 2.75) is 22.6 Å². The summed E-state index contributed by atoms with van der Waals surface area (Å²) in [6.07, 6.45) is 1.69. The number of benzene rings is 2. The van der Waals surface area contributed by atoms with Gasteiger partial charge in [-0.25, -0.2) is 16.8 Å². The van der Waals surface area contributed by atoms with E-state index in [9.17, 15) is 21.6 Å². The molecule has 0 aliphatic carbocycles. The lowest BCUT2D eigenvalue weighted by Gasteiger charge is -2.16. The first-order chi connectivity index (χ1) is 13.7. The molecule has 1 aliphatic heterocycles. The zero-order chi connectivity index (χ0) is 20.8. The van der Waals surface area contributed by atoms with Gasteiger partial charge >= 0.3 is 4.87 Å². The van der Waals surface area contributed by atoms with Gasteiger partial charge in [0.25, 0.3) is 10.0 Å². The van der Waals surface area contributed by atoms with E-state index >= 15 is 0 Å². The Morgan fingerprint density at radius 1 is 0.931 bits per heavy atom. The summed E-state index contributed by atoms with van der Waals surface area (Å²) in [6, 6.07) is 10.1. The molecule has 154 valence electrons. The van der Waals surface area contributed by atoms with Crippen molar-refractivity contribution in [1.29, 1.82) is 0 Å². The number of hydrogen-bond donors (Lipinski definition) is 1. The van der Waals surface area contributed by atoms with E-state index in [0.29, 0.717) is 23.3 Å². The van der Waals surface area contributed by atoms with Gasteiger partial charge in [-0.15, -0.1) is 0 Å². The molecule has 0 radical (unpaired) electrons. The van der Waals surface area contributed by atoms with E-state index in [1.54, 1.807) is 13.1 Å². The van der Waals surface area contributed by atoms with Gasteiger partial charge in [0, 0.05) is 25.8 Å². The molecule has 8 nitrogen and oxygen atoms in total. The average molecular weight is 454 g/mol. The van der Waals surface area contributed by atoms with Crippen molar-refractivity contribution in [3.8, 4) is 0 Å². The Labute approximate surface area is 172 Å². The maximum atomic E-state index is 12.7. The number of thiazole rings is 1. The Morgan fingerprint density at radius 3 is 2.21 bits per heavy atom. The number of anilines is 1. The highest BCUT2D eigenvalue weighted by molar-refractivity contribution is 7.92. The van der Waals surface area contributed by atoms with Gasteiger partial charge in [0.05, 0.1) is 20.0 Å². The Hall–Kier alpha value is -2.21. The van der Waals surface area contributed by atoms with E-state index in [1.807, 2.05) is 0 Å². The predicted molar refractivity (Wildman–Crippen MR) is 112 cm³/mol. The van der Waals surface area contributed by atoms with Gasteiger partial charge in [0.2, 0.25) is 10.0 Å². The summed E-state index contributed by atoms with van der Waals surface area (Å²) in [5.74, 6) is 0. The number of rotatable bonds is 5. The Morgan fingerprint density at radius 2 is 1.55 bits per heavy atom. The zero-order valence-corrected chi connectivity index (χ0v) is 18.0. The highest BCUT2D eigenvalue weighted by Crippen LogP contribution is 2.25. The minimum Gasteiger partial charge on any atom is -0.302 e. The molecule has 1 aromatic heterocycles. The number of hydrogen-bond acceptors (Lipinski definition) is 6. The van der Waals surface area contributed by atoms with Crippen LogP contribution in [-0.2, 0) is 27.1 Å². The van der Waals surface area contributed by atoms with Gasteiger partial charge in [-0.1, -0.05) is 11.3 Å². The van der Waals surface area contributed by atoms with Crippen LogP contribution in [0, 0.1) is 0 Å². The van der Waals surface area contributed by atoms with E-state index in [0.717, 1.165) is 24.2 Å². The molecular weight excluding hydrogens is 434 g/mol. The van der Waals surface area contributed by atoms with Gasteiger partial charge in [-0.2, -0.15) is 4.31 Å². The molecule has 1 aliphatic rings. The van der Waals surface area contributed by atoms with Crippen LogP contribution in [0.3, 0.4) is 0 Å². The second-order valence-electron chi connectivity index (χ2n) is 6.80. The third kappa shape index (κ3) is 3.70. The van der Waals surface area contributed by atoms with Crippen LogP contribution >= 0.6 is 11.3 Å². The van der Waals surface area contributed by atoms with Crippen molar-refractivity contribution in [2.75, 3.05) is 17.8 Å². The predicted octanol–water partition coefficient (Wildman–Crippen LogP) is 2.19. The van der Waals surface area contributed by atoms with E-state index in [-0.39, 0.29) is 20.4 Å². The third-order valence-electron chi connectivity index (χ3n) is 4.88. The summed E-state index contributed by atoms with van der Waals surface area (Å²) in [7, 11) is -5.81. The fourth-order valence-electron chi connectivity index (χ4n) is 3.27. The third-order valence-corrected chi connectivity index (χ3v) is 9.17. The Kier molecular flexibility index (Phi) is 5.01.